The predicted octanol–water partition coefficient (Wildman–Crippen LogP) is 3.76. The van der Waals surface area contributed by atoms with E-state index in [1.165, 1.54) is 26.0 Å². The van der Waals surface area contributed by atoms with Gasteiger partial charge in [0.25, 0.3) is 5.91 Å². The molecule has 0 radical (unpaired) electrons. The van der Waals surface area contributed by atoms with Gasteiger partial charge in [0, 0.05) is 36.8 Å². The van der Waals surface area contributed by atoms with E-state index in [2.05, 4.69) is 16.6 Å². The Kier molecular flexibility index (Phi) is 5.86. The lowest BCUT2D eigenvalue weighted by Crippen LogP contribution is -2.43. The number of amides is 1. The molecule has 158 valence electrons. The van der Waals surface area contributed by atoms with Crippen LogP contribution in [0.1, 0.15) is 46.0 Å². The van der Waals surface area contributed by atoms with Crippen LogP contribution >= 0.6 is 0 Å². The molecule has 4 rings (SSSR count). The lowest BCUT2D eigenvalue weighted by atomic mass is 9.93. The van der Waals surface area contributed by atoms with E-state index in [9.17, 15) is 14.0 Å². The lowest BCUT2D eigenvalue weighted by Gasteiger charge is -2.31. The molecule has 1 amide bonds. The van der Waals surface area contributed by atoms with E-state index in [1.54, 1.807) is 24.3 Å². The highest BCUT2D eigenvalue weighted by Crippen LogP contribution is 2.29. The molecule has 2 aromatic rings. The number of ether oxygens (including phenoxy) is 1. The minimum Gasteiger partial charge on any atom is -0.465 e. The second-order valence-electron chi connectivity index (χ2n) is 8.13. The molecular weight excluding hydrogens is 383 g/mol. The van der Waals surface area contributed by atoms with Crippen molar-refractivity contribution in [1.82, 2.24) is 9.80 Å². The summed E-state index contributed by atoms with van der Waals surface area (Å²) in [5, 5.41) is 0. The van der Waals surface area contributed by atoms with Crippen molar-refractivity contribution in [3.63, 3.8) is 0 Å². The molecule has 0 spiro atoms. The maximum Gasteiger partial charge on any atom is 0.337 e. The quantitative estimate of drug-likeness (QED) is 0.705. The van der Waals surface area contributed by atoms with Gasteiger partial charge in [0.05, 0.1) is 12.7 Å². The highest BCUT2D eigenvalue weighted by atomic mass is 19.1. The van der Waals surface area contributed by atoms with Crippen LogP contribution in [-0.2, 0) is 11.2 Å². The van der Waals surface area contributed by atoms with Crippen LogP contribution in [-0.4, -0.2) is 61.0 Å². The molecule has 2 aromatic carbocycles. The van der Waals surface area contributed by atoms with Crippen LogP contribution < -0.4 is 0 Å². The third-order valence-electron chi connectivity index (χ3n) is 6.32. The van der Waals surface area contributed by atoms with E-state index in [0.29, 0.717) is 29.3 Å². The zero-order valence-corrected chi connectivity index (χ0v) is 17.5. The molecule has 2 aliphatic rings. The Labute approximate surface area is 176 Å². The zero-order valence-electron chi connectivity index (χ0n) is 17.5. The number of carbonyl (C=O) groups excluding carboxylic acids is 2. The summed E-state index contributed by atoms with van der Waals surface area (Å²) in [5.41, 5.74) is 2.93. The molecule has 1 fully saturated rings. The van der Waals surface area contributed by atoms with E-state index >= 15 is 0 Å². The van der Waals surface area contributed by atoms with Crippen molar-refractivity contribution in [2.45, 2.75) is 32.2 Å². The molecule has 0 saturated carbocycles. The van der Waals surface area contributed by atoms with Crippen molar-refractivity contribution in [3.8, 4) is 11.1 Å². The van der Waals surface area contributed by atoms with Gasteiger partial charge in [-0.1, -0.05) is 18.2 Å². The number of nitrogens with zero attached hydrogens (tertiary/aromatic N) is 2. The first-order chi connectivity index (χ1) is 14.5. The van der Waals surface area contributed by atoms with Crippen molar-refractivity contribution in [3.05, 3.63) is 58.9 Å². The van der Waals surface area contributed by atoms with E-state index in [0.717, 1.165) is 31.6 Å². The van der Waals surface area contributed by atoms with E-state index in [-0.39, 0.29) is 11.5 Å². The Morgan fingerprint density at radius 3 is 2.63 bits per heavy atom. The SMILES string of the molecule is COC(=O)c1ccc(-c2ccc3c(c2)CCN(CCN2CCC[C@H]2C)C3=O)c(F)c1. The Bertz CT molecular complexity index is 975. The molecule has 30 heavy (non-hydrogen) atoms. The van der Waals surface area contributed by atoms with Crippen LogP contribution in [0.2, 0.25) is 0 Å². The second kappa shape index (κ2) is 8.56. The van der Waals surface area contributed by atoms with Gasteiger partial charge in [0.2, 0.25) is 0 Å². The summed E-state index contributed by atoms with van der Waals surface area (Å²) in [6.45, 7) is 5.70. The van der Waals surface area contributed by atoms with Crippen LogP contribution in [0.5, 0.6) is 0 Å². The van der Waals surface area contributed by atoms with Crippen molar-refractivity contribution < 1.29 is 18.7 Å². The Hall–Kier alpha value is -2.73. The summed E-state index contributed by atoms with van der Waals surface area (Å²) in [6, 6.07) is 10.4. The van der Waals surface area contributed by atoms with Crippen molar-refractivity contribution in [1.29, 1.82) is 0 Å². The maximum absolute atomic E-state index is 14.6. The Morgan fingerprint density at radius 1 is 1.13 bits per heavy atom. The summed E-state index contributed by atoms with van der Waals surface area (Å²) in [6.07, 6.45) is 3.22. The molecule has 1 atom stereocenters. The predicted molar refractivity (Wildman–Crippen MR) is 113 cm³/mol. The largest absolute Gasteiger partial charge is 0.465 e. The van der Waals surface area contributed by atoms with Gasteiger partial charge in [-0.15, -0.1) is 0 Å². The zero-order chi connectivity index (χ0) is 21.3. The fraction of sp³-hybridized carbons (Fsp3) is 0.417. The molecule has 0 bridgehead atoms. The molecule has 1 saturated heterocycles. The van der Waals surface area contributed by atoms with E-state index in [4.69, 9.17) is 0 Å². The van der Waals surface area contributed by atoms with E-state index in [1.807, 2.05) is 11.0 Å². The molecule has 0 aromatic heterocycles. The summed E-state index contributed by atoms with van der Waals surface area (Å²) in [7, 11) is 1.27. The van der Waals surface area contributed by atoms with Gasteiger partial charge in [-0.05, 0) is 62.1 Å². The molecule has 0 aliphatic carbocycles. The van der Waals surface area contributed by atoms with Gasteiger partial charge in [-0.25, -0.2) is 9.18 Å². The first kappa shape index (κ1) is 20.5. The summed E-state index contributed by atoms with van der Waals surface area (Å²) < 4.78 is 19.2. The summed E-state index contributed by atoms with van der Waals surface area (Å²) in [4.78, 5) is 28.9. The van der Waals surface area contributed by atoms with Gasteiger partial charge >= 0.3 is 5.97 Å². The number of likely N-dealkylation sites (tertiary alicyclic amines) is 1. The van der Waals surface area contributed by atoms with Crippen LogP contribution in [0, 0.1) is 5.82 Å². The van der Waals surface area contributed by atoms with Crippen molar-refractivity contribution >= 4 is 11.9 Å². The topological polar surface area (TPSA) is 49.9 Å². The van der Waals surface area contributed by atoms with Gasteiger partial charge in [0.15, 0.2) is 0 Å². The summed E-state index contributed by atoms with van der Waals surface area (Å²) >= 11 is 0. The first-order valence-corrected chi connectivity index (χ1v) is 10.5. The fourth-order valence-electron chi connectivity index (χ4n) is 4.49. The van der Waals surface area contributed by atoms with Gasteiger partial charge < -0.3 is 9.64 Å². The monoisotopic (exact) mass is 410 g/mol. The molecule has 2 heterocycles. The fourth-order valence-corrected chi connectivity index (χ4v) is 4.49. The second-order valence-corrected chi connectivity index (χ2v) is 8.13. The number of hydrogen-bond acceptors (Lipinski definition) is 4. The first-order valence-electron chi connectivity index (χ1n) is 10.5. The highest BCUT2D eigenvalue weighted by molar-refractivity contribution is 5.97. The summed E-state index contributed by atoms with van der Waals surface area (Å²) in [5.74, 6) is -1.00. The Balaban J connectivity index is 1.50. The average molecular weight is 410 g/mol. The molecule has 0 unspecified atom stereocenters. The number of benzene rings is 2. The van der Waals surface area contributed by atoms with Crippen molar-refractivity contribution in [2.24, 2.45) is 0 Å². The van der Waals surface area contributed by atoms with Crippen molar-refractivity contribution in [2.75, 3.05) is 33.3 Å². The number of rotatable bonds is 5. The number of esters is 1. The van der Waals surface area contributed by atoms with Crippen LogP contribution in [0.25, 0.3) is 11.1 Å². The molecule has 2 aliphatic heterocycles. The third-order valence-corrected chi connectivity index (χ3v) is 6.32. The van der Waals surface area contributed by atoms with Crippen LogP contribution in [0.3, 0.4) is 0 Å². The third kappa shape index (κ3) is 3.97. The number of methoxy groups -OCH3 is 1. The van der Waals surface area contributed by atoms with Crippen LogP contribution in [0.4, 0.5) is 4.39 Å². The van der Waals surface area contributed by atoms with Gasteiger partial charge in [0.1, 0.15) is 5.82 Å². The van der Waals surface area contributed by atoms with Gasteiger partial charge in [-0.3, -0.25) is 9.69 Å². The van der Waals surface area contributed by atoms with Crippen LogP contribution in [0.15, 0.2) is 36.4 Å². The van der Waals surface area contributed by atoms with Gasteiger partial charge in [-0.2, -0.15) is 0 Å². The lowest BCUT2D eigenvalue weighted by molar-refractivity contribution is 0.0599. The highest BCUT2D eigenvalue weighted by Gasteiger charge is 2.27. The average Bonchev–Trinajstić information content (AvgIpc) is 3.17. The normalized spacial score (nSPS) is 19.1. The number of halogens is 1. The molecule has 5 nitrogen and oxygen atoms in total. The maximum atomic E-state index is 14.6. The standard InChI is InChI=1S/C24H27FN2O3/c1-16-4-3-10-26(16)12-13-27-11-9-18-14-17(5-8-21(18)23(27)28)20-7-6-19(15-22(20)25)24(29)30-2/h5-8,14-16H,3-4,9-13H2,1-2H3/t16-/m1/s1. The smallest absolute Gasteiger partial charge is 0.337 e. The minimum absolute atomic E-state index is 0.0520. The molecular formula is C24H27FN2O3. The number of fused-ring (bicyclic) bond motifs is 1. The van der Waals surface area contributed by atoms with E-state index < -0.39 is 11.8 Å². The molecule has 6 heteroatoms. The Morgan fingerprint density at radius 2 is 1.93 bits per heavy atom. The number of hydrogen-bond donors (Lipinski definition) is 0. The minimum atomic E-state index is -0.570. The number of carbonyl (C=O) groups is 2. The molecule has 0 N–H and O–H groups in total.